The number of nitrogens with zero attached hydrogens (tertiary/aromatic N) is 2. The summed E-state index contributed by atoms with van der Waals surface area (Å²) in [7, 11) is -3.54. The normalized spacial score (nSPS) is 21.3. The van der Waals surface area contributed by atoms with Crippen molar-refractivity contribution < 1.29 is 13.5 Å². The van der Waals surface area contributed by atoms with E-state index >= 15 is 0 Å². The molecule has 1 saturated heterocycles. The number of anilines is 1. The van der Waals surface area contributed by atoms with Crippen LogP contribution in [-0.2, 0) is 10.0 Å². The highest BCUT2D eigenvalue weighted by molar-refractivity contribution is 7.89. The van der Waals surface area contributed by atoms with Gasteiger partial charge in [-0.25, -0.2) is 13.4 Å². The lowest BCUT2D eigenvalue weighted by atomic mass is 10.1. The Balaban J connectivity index is 2.18. The highest BCUT2D eigenvalue weighted by Gasteiger charge is 2.29. The van der Waals surface area contributed by atoms with Crippen molar-refractivity contribution in [1.82, 2.24) is 9.29 Å². The first kappa shape index (κ1) is 14.2. The van der Waals surface area contributed by atoms with E-state index in [0.29, 0.717) is 25.2 Å². The van der Waals surface area contributed by atoms with Crippen molar-refractivity contribution in [2.45, 2.75) is 30.8 Å². The average Bonchev–Trinajstić information content (AvgIpc) is 2.40. The lowest BCUT2D eigenvalue weighted by molar-refractivity contribution is 0.108. The maximum atomic E-state index is 12.4. The van der Waals surface area contributed by atoms with Crippen LogP contribution < -0.4 is 5.32 Å². The van der Waals surface area contributed by atoms with Gasteiger partial charge in [0, 0.05) is 25.8 Å². The summed E-state index contributed by atoms with van der Waals surface area (Å²) in [6, 6.07) is 3.19. The fourth-order valence-corrected chi connectivity index (χ4v) is 3.57. The van der Waals surface area contributed by atoms with Gasteiger partial charge in [-0.05, 0) is 31.9 Å². The average molecular weight is 285 g/mol. The molecule has 1 fully saturated rings. The predicted octanol–water partition coefficient (Wildman–Crippen LogP) is 0.659. The van der Waals surface area contributed by atoms with Crippen molar-refractivity contribution in [1.29, 1.82) is 0 Å². The lowest BCUT2D eigenvalue weighted by Crippen LogP contribution is -2.42. The molecular formula is C12H19N3O3S. The van der Waals surface area contributed by atoms with E-state index in [1.54, 1.807) is 12.1 Å². The molecule has 0 aromatic carbocycles. The molecule has 1 aromatic rings. The van der Waals surface area contributed by atoms with E-state index in [-0.39, 0.29) is 11.4 Å². The quantitative estimate of drug-likeness (QED) is 0.849. The zero-order chi connectivity index (χ0) is 13.9. The van der Waals surface area contributed by atoms with E-state index in [4.69, 9.17) is 0 Å². The molecule has 2 rings (SSSR count). The zero-order valence-corrected chi connectivity index (χ0v) is 11.7. The Morgan fingerprint density at radius 2 is 2.32 bits per heavy atom. The van der Waals surface area contributed by atoms with Gasteiger partial charge in [-0.1, -0.05) is 0 Å². The second kappa shape index (κ2) is 5.85. The second-order valence-corrected chi connectivity index (χ2v) is 6.51. The fourth-order valence-electron chi connectivity index (χ4n) is 2.11. The van der Waals surface area contributed by atoms with E-state index in [1.807, 2.05) is 6.92 Å². The topological polar surface area (TPSA) is 82.5 Å². The predicted molar refractivity (Wildman–Crippen MR) is 72.4 cm³/mol. The molecule has 0 saturated carbocycles. The summed E-state index contributed by atoms with van der Waals surface area (Å²) in [4.78, 5) is 4.24. The van der Waals surface area contributed by atoms with E-state index in [9.17, 15) is 13.5 Å². The SMILES string of the molecule is CCNc1ccc(S(=O)(=O)N2CCCC(O)C2)cn1. The van der Waals surface area contributed by atoms with Crippen molar-refractivity contribution in [3.05, 3.63) is 18.3 Å². The molecule has 19 heavy (non-hydrogen) atoms. The van der Waals surface area contributed by atoms with Crippen LogP contribution in [0.15, 0.2) is 23.2 Å². The fraction of sp³-hybridized carbons (Fsp3) is 0.583. The largest absolute Gasteiger partial charge is 0.392 e. The third kappa shape index (κ3) is 3.23. The van der Waals surface area contributed by atoms with E-state index in [1.165, 1.54) is 10.5 Å². The van der Waals surface area contributed by atoms with Crippen molar-refractivity contribution >= 4 is 15.8 Å². The molecule has 2 heterocycles. The molecule has 106 valence electrons. The third-order valence-electron chi connectivity index (χ3n) is 3.09. The van der Waals surface area contributed by atoms with E-state index < -0.39 is 16.1 Å². The molecule has 7 heteroatoms. The molecular weight excluding hydrogens is 266 g/mol. The minimum atomic E-state index is -3.54. The number of piperidine rings is 1. The van der Waals surface area contributed by atoms with Crippen molar-refractivity contribution in [2.24, 2.45) is 0 Å². The Kier molecular flexibility index (Phi) is 4.38. The summed E-state index contributed by atoms with van der Waals surface area (Å²) in [5.41, 5.74) is 0. The van der Waals surface area contributed by atoms with Gasteiger partial charge in [0.2, 0.25) is 10.0 Å². The molecule has 6 nitrogen and oxygen atoms in total. The van der Waals surface area contributed by atoms with Gasteiger partial charge in [0.05, 0.1) is 6.10 Å². The van der Waals surface area contributed by atoms with Crippen LogP contribution in [0.5, 0.6) is 0 Å². The molecule has 1 unspecified atom stereocenters. The number of rotatable bonds is 4. The van der Waals surface area contributed by atoms with Gasteiger partial charge in [-0.15, -0.1) is 0 Å². The molecule has 1 atom stereocenters. The van der Waals surface area contributed by atoms with Gasteiger partial charge in [0.25, 0.3) is 0 Å². The first-order valence-electron chi connectivity index (χ1n) is 6.42. The van der Waals surface area contributed by atoms with Crippen LogP contribution in [0.1, 0.15) is 19.8 Å². The van der Waals surface area contributed by atoms with Gasteiger partial charge in [0.1, 0.15) is 10.7 Å². The summed E-state index contributed by atoms with van der Waals surface area (Å²) in [5, 5.41) is 12.6. The summed E-state index contributed by atoms with van der Waals surface area (Å²) in [5.74, 6) is 0.653. The number of sulfonamides is 1. The highest BCUT2D eigenvalue weighted by Crippen LogP contribution is 2.20. The molecule has 2 N–H and O–H groups in total. The Morgan fingerprint density at radius 3 is 2.89 bits per heavy atom. The van der Waals surface area contributed by atoms with Crippen LogP contribution in [0.3, 0.4) is 0 Å². The Bertz CT molecular complexity index is 516. The summed E-state index contributed by atoms with van der Waals surface area (Å²) < 4.78 is 26.0. The number of aliphatic hydroxyl groups is 1. The first-order chi connectivity index (χ1) is 9.04. The maximum Gasteiger partial charge on any atom is 0.244 e. The van der Waals surface area contributed by atoms with Crippen molar-refractivity contribution in [2.75, 3.05) is 25.0 Å². The van der Waals surface area contributed by atoms with Crippen LogP contribution in [0.25, 0.3) is 0 Å². The summed E-state index contributed by atoms with van der Waals surface area (Å²) in [6.07, 6.45) is 2.12. The van der Waals surface area contributed by atoms with Crippen LogP contribution in [-0.4, -0.2) is 48.6 Å². The first-order valence-corrected chi connectivity index (χ1v) is 7.86. The van der Waals surface area contributed by atoms with Gasteiger partial charge in [-0.2, -0.15) is 4.31 Å². The standard InChI is InChI=1S/C12H19N3O3S/c1-2-13-12-6-5-11(8-14-12)19(17,18)15-7-3-4-10(16)9-15/h5-6,8,10,16H,2-4,7,9H2,1H3,(H,13,14). The third-order valence-corrected chi connectivity index (χ3v) is 4.94. The Labute approximate surface area is 113 Å². The van der Waals surface area contributed by atoms with Crippen LogP contribution in [0, 0.1) is 0 Å². The minimum absolute atomic E-state index is 0.164. The number of pyridine rings is 1. The van der Waals surface area contributed by atoms with Crippen LogP contribution in [0.4, 0.5) is 5.82 Å². The van der Waals surface area contributed by atoms with Crippen LogP contribution in [0.2, 0.25) is 0 Å². The van der Waals surface area contributed by atoms with Crippen LogP contribution >= 0.6 is 0 Å². The van der Waals surface area contributed by atoms with Gasteiger partial charge < -0.3 is 10.4 Å². The number of aromatic nitrogens is 1. The highest BCUT2D eigenvalue weighted by atomic mass is 32.2. The Hall–Kier alpha value is -1.18. The van der Waals surface area contributed by atoms with Gasteiger partial charge >= 0.3 is 0 Å². The number of nitrogens with one attached hydrogen (secondary N) is 1. The minimum Gasteiger partial charge on any atom is -0.392 e. The number of hydrogen-bond acceptors (Lipinski definition) is 5. The molecule has 1 aliphatic heterocycles. The number of aliphatic hydroxyl groups excluding tert-OH is 1. The van der Waals surface area contributed by atoms with Crippen molar-refractivity contribution in [3.63, 3.8) is 0 Å². The molecule has 0 aliphatic carbocycles. The Morgan fingerprint density at radius 1 is 1.53 bits per heavy atom. The maximum absolute atomic E-state index is 12.4. The second-order valence-electron chi connectivity index (χ2n) is 4.57. The van der Waals surface area contributed by atoms with E-state index in [0.717, 1.165) is 6.54 Å². The molecule has 0 amide bonds. The smallest absolute Gasteiger partial charge is 0.244 e. The molecule has 1 aromatic heterocycles. The number of hydrogen-bond donors (Lipinski definition) is 2. The molecule has 0 bridgehead atoms. The van der Waals surface area contributed by atoms with Gasteiger partial charge in [-0.3, -0.25) is 0 Å². The monoisotopic (exact) mass is 285 g/mol. The van der Waals surface area contributed by atoms with E-state index in [2.05, 4.69) is 10.3 Å². The molecule has 1 aliphatic rings. The molecule has 0 radical (unpaired) electrons. The van der Waals surface area contributed by atoms with Gasteiger partial charge in [0.15, 0.2) is 0 Å². The van der Waals surface area contributed by atoms with Crippen molar-refractivity contribution in [3.8, 4) is 0 Å². The summed E-state index contributed by atoms with van der Waals surface area (Å²) in [6.45, 7) is 3.30. The lowest BCUT2D eigenvalue weighted by Gasteiger charge is -2.29. The zero-order valence-electron chi connectivity index (χ0n) is 10.9. The number of β-amino-alcohol motifs (C(OH)–C–C–N with tert-alkyl or cyclic N) is 1. The summed E-state index contributed by atoms with van der Waals surface area (Å²) >= 11 is 0. The molecule has 0 spiro atoms.